The number of hydrogen-bond acceptors (Lipinski definition) is 5. The van der Waals surface area contributed by atoms with E-state index in [0.29, 0.717) is 5.92 Å². The minimum Gasteiger partial charge on any atom is -0.444 e. The summed E-state index contributed by atoms with van der Waals surface area (Å²) in [7, 11) is 0. The number of carbonyl (C=O) groups excluding carboxylic acids is 1. The average Bonchev–Trinajstić information content (AvgIpc) is 3.17. The summed E-state index contributed by atoms with van der Waals surface area (Å²) in [5.74, 6) is 2.73. The number of nitrogens with one attached hydrogen (secondary N) is 2. The van der Waals surface area contributed by atoms with Gasteiger partial charge >= 0.3 is 0 Å². The molecule has 1 atom stereocenters. The van der Waals surface area contributed by atoms with Crippen molar-refractivity contribution in [3.05, 3.63) is 17.3 Å². The standard InChI is InChI=1S/C17H28N4O2/c1-12-13(2)23-16(20-12)11-21-7-4-14(5-8-21)9-19-17(22)15-3-6-18-10-15/h14-15,18H,3-11H2,1-2H3,(H,19,22). The number of rotatable bonds is 5. The van der Waals surface area contributed by atoms with E-state index in [1.165, 1.54) is 0 Å². The molecule has 2 aliphatic heterocycles. The third-order valence-corrected chi connectivity index (χ3v) is 5.13. The highest BCUT2D eigenvalue weighted by molar-refractivity contribution is 5.79. The summed E-state index contributed by atoms with van der Waals surface area (Å²) in [5.41, 5.74) is 0.985. The molecule has 0 saturated carbocycles. The van der Waals surface area contributed by atoms with Crippen LogP contribution in [0, 0.1) is 25.7 Å². The van der Waals surface area contributed by atoms with Gasteiger partial charge in [0.25, 0.3) is 0 Å². The van der Waals surface area contributed by atoms with Crippen molar-refractivity contribution in [1.29, 1.82) is 0 Å². The van der Waals surface area contributed by atoms with Crippen molar-refractivity contribution < 1.29 is 9.21 Å². The van der Waals surface area contributed by atoms with Crippen molar-refractivity contribution in [2.24, 2.45) is 11.8 Å². The van der Waals surface area contributed by atoms with Crippen LogP contribution < -0.4 is 10.6 Å². The first-order valence-electron chi connectivity index (χ1n) is 8.75. The van der Waals surface area contributed by atoms with Crippen molar-refractivity contribution in [1.82, 2.24) is 20.5 Å². The molecule has 2 N–H and O–H groups in total. The molecule has 2 fully saturated rings. The van der Waals surface area contributed by atoms with Crippen LogP contribution in [0.3, 0.4) is 0 Å². The van der Waals surface area contributed by atoms with Gasteiger partial charge in [0.1, 0.15) is 5.76 Å². The molecule has 0 bridgehead atoms. The maximum Gasteiger partial charge on any atom is 0.224 e. The Labute approximate surface area is 138 Å². The zero-order chi connectivity index (χ0) is 16.2. The van der Waals surface area contributed by atoms with Crippen LogP contribution in [-0.2, 0) is 11.3 Å². The maximum absolute atomic E-state index is 12.0. The zero-order valence-corrected chi connectivity index (χ0v) is 14.2. The number of aryl methyl sites for hydroxylation is 2. The number of carbonyl (C=O) groups is 1. The molecule has 0 aliphatic carbocycles. The van der Waals surface area contributed by atoms with Crippen molar-refractivity contribution in [2.45, 2.75) is 39.7 Å². The van der Waals surface area contributed by atoms with Gasteiger partial charge in [-0.25, -0.2) is 4.98 Å². The van der Waals surface area contributed by atoms with Gasteiger partial charge in [-0.1, -0.05) is 0 Å². The SMILES string of the molecule is Cc1nc(CN2CCC(CNC(=O)C3CCNC3)CC2)oc1C. The van der Waals surface area contributed by atoms with E-state index in [-0.39, 0.29) is 11.8 Å². The molecular formula is C17H28N4O2. The highest BCUT2D eigenvalue weighted by Gasteiger charge is 2.25. The monoisotopic (exact) mass is 320 g/mol. The summed E-state index contributed by atoms with van der Waals surface area (Å²) < 4.78 is 5.66. The summed E-state index contributed by atoms with van der Waals surface area (Å²) in [4.78, 5) is 18.9. The molecule has 2 saturated heterocycles. The average molecular weight is 320 g/mol. The molecule has 3 rings (SSSR count). The van der Waals surface area contributed by atoms with Crippen LogP contribution >= 0.6 is 0 Å². The van der Waals surface area contributed by atoms with Crippen LogP contribution in [0.15, 0.2) is 4.42 Å². The zero-order valence-electron chi connectivity index (χ0n) is 14.2. The summed E-state index contributed by atoms with van der Waals surface area (Å²) in [5, 5.41) is 6.38. The third kappa shape index (κ3) is 4.32. The second-order valence-electron chi connectivity index (χ2n) is 6.90. The van der Waals surface area contributed by atoms with Crippen LogP contribution in [0.2, 0.25) is 0 Å². The number of oxazole rings is 1. The first-order chi connectivity index (χ1) is 11.1. The number of nitrogens with zero attached hydrogens (tertiary/aromatic N) is 2. The Morgan fingerprint density at radius 3 is 2.74 bits per heavy atom. The summed E-state index contributed by atoms with van der Waals surface area (Å²) >= 11 is 0. The molecule has 1 amide bonds. The predicted octanol–water partition coefficient (Wildman–Crippen LogP) is 1.23. The summed E-state index contributed by atoms with van der Waals surface area (Å²) in [6, 6.07) is 0. The van der Waals surface area contributed by atoms with Crippen molar-refractivity contribution >= 4 is 5.91 Å². The molecule has 3 heterocycles. The molecule has 0 spiro atoms. The maximum atomic E-state index is 12.0. The number of aromatic nitrogens is 1. The molecule has 6 heteroatoms. The second kappa shape index (κ2) is 7.45. The van der Waals surface area contributed by atoms with Crippen molar-refractivity contribution in [3.63, 3.8) is 0 Å². The Kier molecular flexibility index (Phi) is 5.33. The summed E-state index contributed by atoms with van der Waals surface area (Å²) in [6.45, 7) is 9.45. The lowest BCUT2D eigenvalue weighted by Crippen LogP contribution is -2.40. The van der Waals surface area contributed by atoms with Crippen LogP contribution in [0.25, 0.3) is 0 Å². The van der Waals surface area contributed by atoms with Gasteiger partial charge < -0.3 is 15.1 Å². The van der Waals surface area contributed by atoms with E-state index in [4.69, 9.17) is 4.42 Å². The highest BCUT2D eigenvalue weighted by Crippen LogP contribution is 2.19. The van der Waals surface area contributed by atoms with Gasteiger partial charge in [0.05, 0.1) is 18.2 Å². The molecule has 128 valence electrons. The number of amides is 1. The fourth-order valence-corrected chi connectivity index (χ4v) is 3.41. The fourth-order valence-electron chi connectivity index (χ4n) is 3.41. The molecule has 1 unspecified atom stereocenters. The Balaban J connectivity index is 1.37. The molecule has 2 aliphatic rings. The van der Waals surface area contributed by atoms with Crippen LogP contribution in [0.4, 0.5) is 0 Å². The minimum absolute atomic E-state index is 0.173. The van der Waals surface area contributed by atoms with Crippen molar-refractivity contribution in [2.75, 3.05) is 32.7 Å². The van der Waals surface area contributed by atoms with E-state index >= 15 is 0 Å². The van der Waals surface area contributed by atoms with Gasteiger partial charge in [-0.3, -0.25) is 9.69 Å². The Hall–Kier alpha value is -1.40. The fraction of sp³-hybridized carbons (Fsp3) is 0.765. The van der Waals surface area contributed by atoms with Gasteiger partial charge in [0.2, 0.25) is 11.8 Å². The molecule has 23 heavy (non-hydrogen) atoms. The lowest BCUT2D eigenvalue weighted by molar-refractivity contribution is -0.124. The third-order valence-electron chi connectivity index (χ3n) is 5.13. The number of likely N-dealkylation sites (tertiary alicyclic amines) is 1. The number of piperidine rings is 1. The van der Waals surface area contributed by atoms with Gasteiger partial charge in [-0.2, -0.15) is 0 Å². The summed E-state index contributed by atoms with van der Waals surface area (Å²) in [6.07, 6.45) is 3.23. The number of hydrogen-bond donors (Lipinski definition) is 2. The van der Waals surface area contributed by atoms with Crippen LogP contribution in [0.1, 0.15) is 36.6 Å². The Morgan fingerprint density at radius 2 is 2.13 bits per heavy atom. The molecule has 1 aromatic rings. The topological polar surface area (TPSA) is 70.4 Å². The molecular weight excluding hydrogens is 292 g/mol. The van der Waals surface area contributed by atoms with E-state index in [2.05, 4.69) is 20.5 Å². The second-order valence-corrected chi connectivity index (χ2v) is 6.90. The van der Waals surface area contributed by atoms with Gasteiger partial charge in [-0.15, -0.1) is 0 Å². The van der Waals surface area contributed by atoms with Gasteiger partial charge in [-0.05, 0) is 58.7 Å². The van der Waals surface area contributed by atoms with E-state index in [1.54, 1.807) is 0 Å². The van der Waals surface area contributed by atoms with Gasteiger partial charge in [0, 0.05) is 13.1 Å². The van der Waals surface area contributed by atoms with E-state index < -0.39 is 0 Å². The first-order valence-corrected chi connectivity index (χ1v) is 8.75. The van der Waals surface area contributed by atoms with E-state index in [9.17, 15) is 4.79 Å². The molecule has 0 aromatic carbocycles. The largest absolute Gasteiger partial charge is 0.444 e. The minimum atomic E-state index is 0.173. The first kappa shape index (κ1) is 16.5. The smallest absolute Gasteiger partial charge is 0.224 e. The molecule has 0 radical (unpaired) electrons. The molecule has 1 aromatic heterocycles. The van der Waals surface area contributed by atoms with Crippen LogP contribution in [-0.4, -0.2) is 48.5 Å². The molecule has 6 nitrogen and oxygen atoms in total. The predicted molar refractivity (Wildman–Crippen MR) is 88.0 cm³/mol. The highest BCUT2D eigenvalue weighted by atomic mass is 16.4. The quantitative estimate of drug-likeness (QED) is 0.854. The van der Waals surface area contributed by atoms with Crippen molar-refractivity contribution in [3.8, 4) is 0 Å². The van der Waals surface area contributed by atoms with Crippen LogP contribution in [0.5, 0.6) is 0 Å². The lowest BCUT2D eigenvalue weighted by Gasteiger charge is -2.31. The van der Waals surface area contributed by atoms with E-state index in [1.807, 2.05) is 13.8 Å². The Bertz CT molecular complexity index is 509. The Morgan fingerprint density at radius 1 is 1.35 bits per heavy atom. The van der Waals surface area contributed by atoms with E-state index in [0.717, 1.165) is 75.9 Å². The van der Waals surface area contributed by atoms with Gasteiger partial charge in [0.15, 0.2) is 0 Å². The normalized spacial score (nSPS) is 23.3. The lowest BCUT2D eigenvalue weighted by atomic mass is 9.96.